The van der Waals surface area contributed by atoms with Crippen molar-refractivity contribution in [2.75, 3.05) is 24.5 Å². The molecule has 3 aromatic carbocycles. The highest BCUT2D eigenvalue weighted by Gasteiger charge is 2.32. The number of ether oxygens (including phenoxy) is 1. The van der Waals surface area contributed by atoms with E-state index in [0.29, 0.717) is 17.9 Å². The second kappa shape index (κ2) is 13.7. The number of nitrogens with zero attached hydrogens (tertiary/aromatic N) is 2. The number of carbonyl (C=O) groups excluding carboxylic acids is 2. The van der Waals surface area contributed by atoms with Gasteiger partial charge in [-0.05, 0) is 67.4 Å². The molecule has 1 N–H and O–H groups in total. The number of rotatable bonds is 13. The Balaban J connectivity index is 1.99. The van der Waals surface area contributed by atoms with E-state index in [-0.39, 0.29) is 23.0 Å². The standard InChI is InChI=1S/C29H34FN3O5S/c1-4-5-18-31-29(35)22(2)32(20-23-10-9-11-26(19-23)38-3)28(34)21-33(25-16-14-24(30)15-17-25)39(36,37)27-12-7-6-8-13-27/h6-17,19,22H,4-5,18,20-21H2,1-3H3,(H,31,35)/t22-/m0/s1. The first-order chi connectivity index (χ1) is 18.7. The largest absolute Gasteiger partial charge is 0.497 e. The van der Waals surface area contributed by atoms with Gasteiger partial charge in [-0.15, -0.1) is 0 Å². The first-order valence-electron chi connectivity index (χ1n) is 12.7. The molecule has 1 atom stereocenters. The van der Waals surface area contributed by atoms with Gasteiger partial charge < -0.3 is 15.0 Å². The molecule has 10 heteroatoms. The van der Waals surface area contributed by atoms with E-state index in [9.17, 15) is 22.4 Å². The molecular weight excluding hydrogens is 521 g/mol. The summed E-state index contributed by atoms with van der Waals surface area (Å²) in [5.74, 6) is -0.905. The molecule has 208 valence electrons. The number of nitrogens with one attached hydrogen (secondary N) is 1. The van der Waals surface area contributed by atoms with Gasteiger partial charge in [0.25, 0.3) is 10.0 Å². The molecule has 0 heterocycles. The number of sulfonamides is 1. The number of carbonyl (C=O) groups is 2. The molecule has 0 unspecified atom stereocenters. The minimum absolute atomic E-state index is 0.0215. The molecule has 2 amide bonds. The molecule has 0 aliphatic heterocycles. The summed E-state index contributed by atoms with van der Waals surface area (Å²) in [6.07, 6.45) is 1.68. The molecule has 0 radical (unpaired) electrons. The summed E-state index contributed by atoms with van der Waals surface area (Å²) < 4.78 is 47.2. The van der Waals surface area contributed by atoms with Gasteiger partial charge in [0.05, 0.1) is 17.7 Å². The van der Waals surface area contributed by atoms with E-state index in [2.05, 4.69) is 5.32 Å². The average Bonchev–Trinajstić information content (AvgIpc) is 2.95. The van der Waals surface area contributed by atoms with Crippen molar-refractivity contribution < 1.29 is 27.1 Å². The fourth-order valence-electron chi connectivity index (χ4n) is 3.94. The summed E-state index contributed by atoms with van der Waals surface area (Å²) >= 11 is 0. The number of hydrogen-bond donors (Lipinski definition) is 1. The predicted molar refractivity (Wildman–Crippen MR) is 148 cm³/mol. The number of halogens is 1. The molecule has 3 rings (SSSR count). The van der Waals surface area contributed by atoms with E-state index in [1.807, 2.05) is 6.92 Å². The quantitative estimate of drug-likeness (QED) is 0.316. The van der Waals surface area contributed by atoms with Gasteiger partial charge in [0.15, 0.2) is 0 Å². The minimum atomic E-state index is -4.20. The number of benzene rings is 3. The van der Waals surface area contributed by atoms with Crippen LogP contribution in [0.1, 0.15) is 32.3 Å². The molecule has 3 aromatic rings. The molecule has 0 aromatic heterocycles. The molecular formula is C29H34FN3O5S. The van der Waals surface area contributed by atoms with Gasteiger partial charge in [0, 0.05) is 13.1 Å². The van der Waals surface area contributed by atoms with Crippen molar-refractivity contribution in [3.8, 4) is 5.75 Å². The van der Waals surface area contributed by atoms with Gasteiger partial charge in [-0.3, -0.25) is 13.9 Å². The van der Waals surface area contributed by atoms with E-state index in [0.717, 1.165) is 29.3 Å². The molecule has 0 aliphatic rings. The van der Waals surface area contributed by atoms with Crippen molar-refractivity contribution in [3.05, 3.63) is 90.2 Å². The molecule has 0 aliphatic carbocycles. The fourth-order valence-corrected chi connectivity index (χ4v) is 5.38. The van der Waals surface area contributed by atoms with Crippen LogP contribution in [-0.2, 0) is 26.2 Å². The topological polar surface area (TPSA) is 96.0 Å². The summed E-state index contributed by atoms with van der Waals surface area (Å²) in [7, 11) is -2.67. The molecule has 39 heavy (non-hydrogen) atoms. The SMILES string of the molecule is CCCCNC(=O)[C@H](C)N(Cc1cccc(OC)c1)C(=O)CN(c1ccc(F)cc1)S(=O)(=O)c1ccccc1. The van der Waals surface area contributed by atoms with Crippen LogP contribution in [0.25, 0.3) is 0 Å². The Morgan fingerprint density at radius 3 is 2.33 bits per heavy atom. The van der Waals surface area contributed by atoms with Crippen LogP contribution in [0, 0.1) is 5.82 Å². The van der Waals surface area contributed by atoms with Crippen LogP contribution in [-0.4, -0.2) is 51.4 Å². The number of hydrogen-bond acceptors (Lipinski definition) is 5. The van der Waals surface area contributed by atoms with Crippen LogP contribution in [0.2, 0.25) is 0 Å². The van der Waals surface area contributed by atoms with Crippen LogP contribution in [0.3, 0.4) is 0 Å². The first-order valence-corrected chi connectivity index (χ1v) is 14.1. The van der Waals surface area contributed by atoms with Crippen molar-refractivity contribution in [2.24, 2.45) is 0 Å². The molecule has 0 saturated heterocycles. The number of anilines is 1. The Bertz CT molecular complexity index is 1350. The van der Waals surface area contributed by atoms with Crippen molar-refractivity contribution in [2.45, 2.75) is 44.2 Å². The maximum Gasteiger partial charge on any atom is 0.264 e. The zero-order chi connectivity index (χ0) is 28.4. The summed E-state index contributed by atoms with van der Waals surface area (Å²) in [4.78, 5) is 28.1. The second-order valence-corrected chi connectivity index (χ2v) is 10.9. The molecule has 0 bridgehead atoms. The summed E-state index contributed by atoms with van der Waals surface area (Å²) in [6.45, 7) is 3.52. The lowest BCUT2D eigenvalue weighted by molar-refractivity contribution is -0.139. The lowest BCUT2D eigenvalue weighted by Crippen LogP contribution is -2.51. The van der Waals surface area contributed by atoms with Crippen molar-refractivity contribution in [3.63, 3.8) is 0 Å². The summed E-state index contributed by atoms with van der Waals surface area (Å²) in [5.41, 5.74) is 0.824. The molecule has 0 fully saturated rings. The zero-order valence-electron chi connectivity index (χ0n) is 22.3. The summed E-state index contributed by atoms with van der Waals surface area (Å²) in [5, 5.41) is 2.84. The Morgan fingerprint density at radius 2 is 1.69 bits per heavy atom. The second-order valence-electron chi connectivity index (χ2n) is 8.99. The third-order valence-electron chi connectivity index (χ3n) is 6.21. The maximum absolute atomic E-state index is 13.8. The highest BCUT2D eigenvalue weighted by molar-refractivity contribution is 7.92. The number of methoxy groups -OCH3 is 1. The van der Waals surface area contributed by atoms with Crippen LogP contribution in [0.15, 0.2) is 83.8 Å². The average molecular weight is 556 g/mol. The lowest BCUT2D eigenvalue weighted by atomic mass is 10.1. The number of amides is 2. The van der Waals surface area contributed by atoms with Gasteiger partial charge in [0.1, 0.15) is 24.2 Å². The smallest absolute Gasteiger partial charge is 0.264 e. The lowest BCUT2D eigenvalue weighted by Gasteiger charge is -2.32. The van der Waals surface area contributed by atoms with Crippen LogP contribution in [0.5, 0.6) is 5.75 Å². The first kappa shape index (κ1) is 29.6. The Hall–Kier alpha value is -3.92. The fraction of sp³-hybridized carbons (Fsp3) is 0.310. The molecule has 8 nitrogen and oxygen atoms in total. The molecule has 0 saturated carbocycles. The Labute approximate surface area is 229 Å². The van der Waals surface area contributed by atoms with Crippen molar-refractivity contribution >= 4 is 27.5 Å². The highest BCUT2D eigenvalue weighted by atomic mass is 32.2. The van der Waals surface area contributed by atoms with Crippen LogP contribution < -0.4 is 14.4 Å². The zero-order valence-corrected chi connectivity index (χ0v) is 23.2. The van der Waals surface area contributed by atoms with Gasteiger partial charge in [0.2, 0.25) is 11.8 Å². The van der Waals surface area contributed by atoms with E-state index in [1.54, 1.807) is 49.4 Å². The minimum Gasteiger partial charge on any atom is -0.497 e. The number of unbranched alkanes of at least 4 members (excludes halogenated alkanes) is 1. The molecule has 0 spiro atoms. The maximum atomic E-state index is 13.8. The van der Waals surface area contributed by atoms with E-state index in [1.165, 1.54) is 36.3 Å². The van der Waals surface area contributed by atoms with Gasteiger partial charge in [-0.2, -0.15) is 0 Å². The monoisotopic (exact) mass is 555 g/mol. The van der Waals surface area contributed by atoms with Gasteiger partial charge >= 0.3 is 0 Å². The van der Waals surface area contributed by atoms with Crippen molar-refractivity contribution in [1.82, 2.24) is 10.2 Å². The van der Waals surface area contributed by atoms with Crippen LogP contribution in [0.4, 0.5) is 10.1 Å². The highest BCUT2D eigenvalue weighted by Crippen LogP contribution is 2.25. The van der Waals surface area contributed by atoms with E-state index < -0.39 is 34.3 Å². The Kier molecular flexibility index (Phi) is 10.4. The van der Waals surface area contributed by atoms with E-state index in [4.69, 9.17) is 4.74 Å². The Morgan fingerprint density at radius 1 is 1.00 bits per heavy atom. The third-order valence-corrected chi connectivity index (χ3v) is 8.00. The predicted octanol–water partition coefficient (Wildman–Crippen LogP) is 4.36. The van der Waals surface area contributed by atoms with Gasteiger partial charge in [-0.1, -0.05) is 43.7 Å². The summed E-state index contributed by atoms with van der Waals surface area (Å²) in [6, 6.07) is 18.7. The van der Waals surface area contributed by atoms with Crippen LogP contribution >= 0.6 is 0 Å². The van der Waals surface area contributed by atoms with Crippen molar-refractivity contribution in [1.29, 1.82) is 0 Å². The normalized spacial score (nSPS) is 11.9. The van der Waals surface area contributed by atoms with E-state index >= 15 is 0 Å². The third kappa shape index (κ3) is 7.79. The van der Waals surface area contributed by atoms with Gasteiger partial charge in [-0.25, -0.2) is 12.8 Å².